The molecule has 1 heterocycles. The molecule has 108 valence electrons. The summed E-state index contributed by atoms with van der Waals surface area (Å²) in [6.07, 6.45) is 0. The average molecular weight is 285 g/mol. The Morgan fingerprint density at radius 3 is 2.62 bits per heavy atom. The molecular formula is C16H16FN3O. The largest absolute Gasteiger partial charge is 0.494 e. The van der Waals surface area contributed by atoms with Gasteiger partial charge in [0.15, 0.2) is 11.6 Å². The molecule has 0 aliphatic carbocycles. The molecule has 1 atom stereocenters. The number of hydrogen-bond donors (Lipinski definition) is 1. The number of hydrogen-bond acceptors (Lipinski definition) is 3. The normalized spacial score (nSPS) is 12.5. The van der Waals surface area contributed by atoms with Crippen LogP contribution in [0, 0.1) is 5.82 Å². The Kier molecular flexibility index (Phi) is 3.25. The first-order valence-corrected chi connectivity index (χ1v) is 6.67. The summed E-state index contributed by atoms with van der Waals surface area (Å²) in [4.78, 5) is 4.24. The van der Waals surface area contributed by atoms with Crippen molar-refractivity contribution in [3.63, 3.8) is 0 Å². The number of aromatic nitrogens is 2. The van der Waals surface area contributed by atoms with Crippen LogP contribution >= 0.6 is 0 Å². The molecule has 4 nitrogen and oxygen atoms in total. The first-order chi connectivity index (χ1) is 10.1. The molecule has 21 heavy (non-hydrogen) atoms. The van der Waals surface area contributed by atoms with E-state index in [4.69, 9.17) is 10.5 Å². The Hall–Kier alpha value is -2.56. The number of nitrogens with zero attached hydrogens (tertiary/aromatic N) is 2. The molecule has 0 saturated heterocycles. The minimum Gasteiger partial charge on any atom is -0.494 e. The summed E-state index contributed by atoms with van der Waals surface area (Å²) in [5.74, 6) is 0.0972. The van der Waals surface area contributed by atoms with Gasteiger partial charge in [-0.15, -0.1) is 0 Å². The summed E-state index contributed by atoms with van der Waals surface area (Å²) in [6, 6.07) is 12.9. The van der Waals surface area contributed by atoms with Gasteiger partial charge in [-0.3, -0.25) is 0 Å². The zero-order chi connectivity index (χ0) is 15.0. The number of rotatable bonds is 3. The van der Waals surface area contributed by atoms with Crippen LogP contribution in [0.4, 0.5) is 10.3 Å². The van der Waals surface area contributed by atoms with Crippen molar-refractivity contribution in [2.45, 2.75) is 13.0 Å². The third kappa shape index (κ3) is 2.20. The van der Waals surface area contributed by atoms with E-state index in [1.54, 1.807) is 6.07 Å². The van der Waals surface area contributed by atoms with E-state index in [0.29, 0.717) is 11.5 Å². The third-order valence-corrected chi connectivity index (χ3v) is 3.66. The predicted octanol–water partition coefficient (Wildman–Crippen LogP) is 3.38. The molecule has 3 aromatic rings. The van der Waals surface area contributed by atoms with Crippen LogP contribution in [-0.2, 0) is 0 Å². The van der Waals surface area contributed by atoms with Gasteiger partial charge in [-0.2, -0.15) is 0 Å². The number of fused-ring (bicyclic) bond motifs is 1. The van der Waals surface area contributed by atoms with E-state index in [1.165, 1.54) is 13.2 Å². The van der Waals surface area contributed by atoms with Crippen molar-refractivity contribution in [2.24, 2.45) is 0 Å². The maximum atomic E-state index is 13.8. The van der Waals surface area contributed by atoms with Crippen LogP contribution in [0.3, 0.4) is 0 Å². The predicted molar refractivity (Wildman–Crippen MR) is 80.9 cm³/mol. The Labute approximate surface area is 122 Å². The highest BCUT2D eigenvalue weighted by molar-refractivity contribution is 5.80. The van der Waals surface area contributed by atoms with Gasteiger partial charge in [-0.05, 0) is 12.5 Å². The van der Waals surface area contributed by atoms with Gasteiger partial charge < -0.3 is 15.0 Å². The Bertz CT molecular complexity index is 783. The summed E-state index contributed by atoms with van der Waals surface area (Å²) in [7, 11) is 1.44. The molecule has 0 fully saturated rings. The highest BCUT2D eigenvalue weighted by atomic mass is 19.1. The van der Waals surface area contributed by atoms with Crippen LogP contribution in [-0.4, -0.2) is 16.7 Å². The van der Waals surface area contributed by atoms with Gasteiger partial charge in [0.1, 0.15) is 0 Å². The molecule has 0 radical (unpaired) electrons. The second-order valence-corrected chi connectivity index (χ2v) is 4.90. The smallest absolute Gasteiger partial charge is 0.201 e. The molecule has 1 aromatic heterocycles. The summed E-state index contributed by atoms with van der Waals surface area (Å²) < 4.78 is 20.7. The highest BCUT2D eigenvalue weighted by Crippen LogP contribution is 2.31. The Morgan fingerprint density at radius 2 is 1.95 bits per heavy atom. The maximum Gasteiger partial charge on any atom is 0.201 e. The van der Waals surface area contributed by atoms with Gasteiger partial charge in [0.2, 0.25) is 5.95 Å². The van der Waals surface area contributed by atoms with Crippen molar-refractivity contribution in [3.8, 4) is 5.75 Å². The fourth-order valence-corrected chi connectivity index (χ4v) is 2.56. The SMILES string of the molecule is COc1cc2c(cc1F)nc(N)n2C(C)c1ccccc1. The quantitative estimate of drug-likeness (QED) is 0.802. The van der Waals surface area contributed by atoms with Crippen molar-refractivity contribution in [1.82, 2.24) is 9.55 Å². The number of nitrogen functional groups attached to an aromatic ring is 1. The second kappa shape index (κ2) is 5.09. The van der Waals surface area contributed by atoms with Crippen LogP contribution in [0.5, 0.6) is 5.75 Å². The fourth-order valence-electron chi connectivity index (χ4n) is 2.56. The summed E-state index contributed by atoms with van der Waals surface area (Å²) in [5.41, 5.74) is 8.40. The van der Waals surface area contributed by atoms with Crippen molar-refractivity contribution < 1.29 is 9.13 Å². The third-order valence-electron chi connectivity index (χ3n) is 3.66. The molecule has 5 heteroatoms. The first kappa shape index (κ1) is 13.4. The van der Waals surface area contributed by atoms with Crippen molar-refractivity contribution in [3.05, 3.63) is 53.8 Å². The number of benzene rings is 2. The molecule has 3 rings (SSSR count). The highest BCUT2D eigenvalue weighted by Gasteiger charge is 2.18. The molecule has 2 N–H and O–H groups in total. The van der Waals surface area contributed by atoms with E-state index in [9.17, 15) is 4.39 Å². The molecule has 0 aliphatic heterocycles. The number of nitrogens with two attached hydrogens (primary N) is 1. The first-order valence-electron chi connectivity index (χ1n) is 6.67. The number of methoxy groups -OCH3 is 1. The van der Waals surface area contributed by atoms with E-state index >= 15 is 0 Å². The number of imidazole rings is 1. The Balaban J connectivity index is 2.20. The monoisotopic (exact) mass is 285 g/mol. The van der Waals surface area contributed by atoms with E-state index in [-0.39, 0.29) is 11.8 Å². The van der Waals surface area contributed by atoms with E-state index in [2.05, 4.69) is 4.98 Å². The second-order valence-electron chi connectivity index (χ2n) is 4.90. The zero-order valence-electron chi connectivity index (χ0n) is 11.9. The van der Waals surface area contributed by atoms with Crippen LogP contribution in [0.25, 0.3) is 11.0 Å². The topological polar surface area (TPSA) is 53.1 Å². The van der Waals surface area contributed by atoms with Crippen molar-refractivity contribution in [2.75, 3.05) is 12.8 Å². The lowest BCUT2D eigenvalue weighted by molar-refractivity contribution is 0.387. The molecule has 0 amide bonds. The number of ether oxygens (including phenoxy) is 1. The van der Waals surface area contributed by atoms with Crippen LogP contribution in [0.1, 0.15) is 18.5 Å². The van der Waals surface area contributed by atoms with Crippen molar-refractivity contribution in [1.29, 1.82) is 0 Å². The number of anilines is 1. The lowest BCUT2D eigenvalue weighted by Gasteiger charge is -2.16. The fraction of sp³-hybridized carbons (Fsp3) is 0.188. The lowest BCUT2D eigenvalue weighted by atomic mass is 10.1. The minimum absolute atomic E-state index is 0.00799. The minimum atomic E-state index is -0.443. The lowest BCUT2D eigenvalue weighted by Crippen LogP contribution is -2.10. The maximum absolute atomic E-state index is 13.8. The van der Waals surface area contributed by atoms with Crippen molar-refractivity contribution >= 4 is 17.0 Å². The van der Waals surface area contributed by atoms with Gasteiger partial charge in [0.05, 0.1) is 24.2 Å². The average Bonchev–Trinajstić information content (AvgIpc) is 2.81. The van der Waals surface area contributed by atoms with Gasteiger partial charge >= 0.3 is 0 Å². The standard InChI is InChI=1S/C16H16FN3O/c1-10(11-6-4-3-5-7-11)20-14-9-15(21-2)12(17)8-13(14)19-16(20)18/h3-10H,1-2H3,(H2,18,19). The summed E-state index contributed by atoms with van der Waals surface area (Å²) >= 11 is 0. The molecule has 0 bridgehead atoms. The molecular weight excluding hydrogens is 269 g/mol. The van der Waals surface area contributed by atoms with Crippen LogP contribution < -0.4 is 10.5 Å². The van der Waals surface area contributed by atoms with Crippen LogP contribution in [0.2, 0.25) is 0 Å². The van der Waals surface area contributed by atoms with Gasteiger partial charge in [-0.25, -0.2) is 9.37 Å². The molecule has 1 unspecified atom stereocenters. The van der Waals surface area contributed by atoms with Crippen LogP contribution in [0.15, 0.2) is 42.5 Å². The molecule has 0 saturated carbocycles. The molecule has 0 aliphatic rings. The van der Waals surface area contributed by atoms with E-state index < -0.39 is 5.82 Å². The number of halogens is 1. The Morgan fingerprint density at radius 1 is 1.24 bits per heavy atom. The van der Waals surface area contributed by atoms with Gasteiger partial charge in [-0.1, -0.05) is 30.3 Å². The van der Waals surface area contributed by atoms with Gasteiger partial charge in [0, 0.05) is 12.1 Å². The van der Waals surface area contributed by atoms with Gasteiger partial charge in [0.25, 0.3) is 0 Å². The van der Waals surface area contributed by atoms with E-state index in [1.807, 2.05) is 41.8 Å². The molecule has 2 aromatic carbocycles. The summed E-state index contributed by atoms with van der Waals surface area (Å²) in [6.45, 7) is 2.03. The van der Waals surface area contributed by atoms with E-state index in [0.717, 1.165) is 11.1 Å². The summed E-state index contributed by atoms with van der Waals surface area (Å²) in [5, 5.41) is 0. The molecule has 0 spiro atoms. The zero-order valence-corrected chi connectivity index (χ0v) is 11.9.